The highest BCUT2D eigenvalue weighted by atomic mass is 16.3. The van der Waals surface area contributed by atoms with Crippen LogP contribution in [0, 0.1) is 0 Å². The van der Waals surface area contributed by atoms with Crippen molar-refractivity contribution in [2.75, 3.05) is 25.0 Å². The van der Waals surface area contributed by atoms with Gasteiger partial charge in [0.1, 0.15) is 17.1 Å². The Hall–Kier alpha value is -2.61. The first-order valence-corrected chi connectivity index (χ1v) is 8.46. The van der Waals surface area contributed by atoms with Gasteiger partial charge in [0.25, 0.3) is 5.91 Å². The van der Waals surface area contributed by atoms with Crippen LogP contribution in [0.15, 0.2) is 22.6 Å². The lowest BCUT2D eigenvalue weighted by atomic mass is 10.00. The molecule has 2 saturated heterocycles. The number of hydrogen-bond donors (Lipinski definition) is 3. The fourth-order valence-corrected chi connectivity index (χ4v) is 3.45. The van der Waals surface area contributed by atoms with E-state index in [0.29, 0.717) is 22.9 Å². The molecule has 0 radical (unpaired) electrons. The normalized spacial score (nSPS) is 24.6. The molecule has 2 aromatic rings. The smallest absolute Gasteiger partial charge is 0.322 e. The number of hydrogen-bond acceptors (Lipinski definition) is 6. The lowest BCUT2D eigenvalue weighted by Gasteiger charge is -2.32. The van der Waals surface area contributed by atoms with Crippen molar-refractivity contribution in [2.45, 2.75) is 31.3 Å². The summed E-state index contributed by atoms with van der Waals surface area (Å²) in [7, 11) is 2.00. The number of piperidine rings is 1. The molecule has 1 atom stereocenters. The van der Waals surface area contributed by atoms with E-state index in [-0.39, 0.29) is 0 Å². The van der Waals surface area contributed by atoms with E-state index < -0.39 is 17.5 Å². The summed E-state index contributed by atoms with van der Waals surface area (Å²) in [6, 6.07) is 5.57. The standard InChI is InChI=1S/C17H21N5O3/c1-17(15(23)20-16(24)21-17)13-9-11-12(25-13)3-4-14(19-11)22-7-5-10(18-2)6-8-22/h3-4,9-10,18H,5-8H2,1-2H3,(H2,20,21,23,24). The quantitative estimate of drug-likeness (QED) is 0.721. The van der Waals surface area contributed by atoms with E-state index in [1.807, 2.05) is 19.2 Å². The minimum atomic E-state index is -1.21. The number of amides is 3. The summed E-state index contributed by atoms with van der Waals surface area (Å²) in [6.07, 6.45) is 2.16. The zero-order valence-corrected chi connectivity index (χ0v) is 14.3. The van der Waals surface area contributed by atoms with Gasteiger partial charge in [-0.25, -0.2) is 9.78 Å². The first kappa shape index (κ1) is 15.9. The Kier molecular flexibility index (Phi) is 3.64. The second kappa shape index (κ2) is 5.73. The summed E-state index contributed by atoms with van der Waals surface area (Å²) in [5, 5.41) is 8.17. The number of rotatable bonds is 3. The number of nitrogens with one attached hydrogen (secondary N) is 3. The predicted octanol–water partition coefficient (Wildman–Crippen LogP) is 1.07. The van der Waals surface area contributed by atoms with E-state index in [1.165, 1.54) is 0 Å². The summed E-state index contributed by atoms with van der Waals surface area (Å²) < 4.78 is 5.78. The second-order valence-corrected chi connectivity index (χ2v) is 6.75. The van der Waals surface area contributed by atoms with Gasteiger partial charge in [-0.1, -0.05) is 0 Å². The van der Waals surface area contributed by atoms with Crippen molar-refractivity contribution in [3.63, 3.8) is 0 Å². The maximum atomic E-state index is 12.1. The molecule has 0 spiro atoms. The molecule has 3 amide bonds. The molecular weight excluding hydrogens is 322 g/mol. The Morgan fingerprint density at radius 1 is 1.32 bits per heavy atom. The number of anilines is 1. The summed E-state index contributed by atoms with van der Waals surface area (Å²) in [4.78, 5) is 30.5. The molecule has 132 valence electrons. The largest absolute Gasteiger partial charge is 0.456 e. The number of pyridine rings is 1. The molecule has 0 aliphatic carbocycles. The van der Waals surface area contributed by atoms with Crippen molar-refractivity contribution < 1.29 is 14.0 Å². The molecule has 8 nitrogen and oxygen atoms in total. The van der Waals surface area contributed by atoms with Gasteiger partial charge in [0.2, 0.25) is 0 Å². The molecule has 4 heterocycles. The lowest BCUT2D eigenvalue weighted by Crippen LogP contribution is -2.41. The van der Waals surface area contributed by atoms with Gasteiger partial charge in [0.05, 0.1) is 0 Å². The average molecular weight is 343 g/mol. The Labute approximate surface area is 144 Å². The van der Waals surface area contributed by atoms with Crippen molar-refractivity contribution in [1.82, 2.24) is 20.9 Å². The molecule has 4 rings (SSSR count). The van der Waals surface area contributed by atoms with Crippen LogP contribution in [0.5, 0.6) is 0 Å². The lowest BCUT2D eigenvalue weighted by molar-refractivity contribution is -0.124. The van der Waals surface area contributed by atoms with Gasteiger partial charge in [-0.05, 0) is 38.9 Å². The third-order valence-electron chi connectivity index (χ3n) is 5.12. The number of carbonyl (C=O) groups excluding carboxylic acids is 2. The minimum absolute atomic E-state index is 0.379. The average Bonchev–Trinajstić information content (AvgIpc) is 3.15. The number of aromatic nitrogens is 1. The van der Waals surface area contributed by atoms with E-state index in [2.05, 4.69) is 25.8 Å². The first-order chi connectivity index (χ1) is 12.0. The van der Waals surface area contributed by atoms with Crippen molar-refractivity contribution in [3.8, 4) is 0 Å². The van der Waals surface area contributed by atoms with Gasteiger partial charge in [-0.3, -0.25) is 10.1 Å². The fourth-order valence-electron chi connectivity index (χ4n) is 3.45. The SMILES string of the molecule is CNC1CCN(c2ccc3oc(C4(C)NC(=O)NC4=O)cc3n2)CC1. The monoisotopic (exact) mass is 343 g/mol. The minimum Gasteiger partial charge on any atom is -0.456 e. The maximum absolute atomic E-state index is 12.1. The van der Waals surface area contributed by atoms with Crippen LogP contribution in [-0.2, 0) is 10.3 Å². The highest BCUT2D eigenvalue weighted by Gasteiger charge is 2.46. The highest BCUT2D eigenvalue weighted by Crippen LogP contribution is 2.31. The van der Waals surface area contributed by atoms with Gasteiger partial charge in [-0.15, -0.1) is 0 Å². The molecule has 0 bridgehead atoms. The van der Waals surface area contributed by atoms with Crippen LogP contribution in [0.3, 0.4) is 0 Å². The molecule has 25 heavy (non-hydrogen) atoms. The first-order valence-electron chi connectivity index (χ1n) is 8.46. The van der Waals surface area contributed by atoms with E-state index >= 15 is 0 Å². The van der Waals surface area contributed by atoms with E-state index in [0.717, 1.165) is 31.7 Å². The highest BCUT2D eigenvalue weighted by molar-refractivity contribution is 6.07. The third kappa shape index (κ3) is 2.62. The molecule has 3 N–H and O–H groups in total. The number of urea groups is 1. The van der Waals surface area contributed by atoms with E-state index in [1.54, 1.807) is 13.0 Å². The van der Waals surface area contributed by atoms with Crippen LogP contribution in [0.1, 0.15) is 25.5 Å². The maximum Gasteiger partial charge on any atom is 0.322 e. The fraction of sp³-hybridized carbons (Fsp3) is 0.471. The Morgan fingerprint density at radius 3 is 2.72 bits per heavy atom. The van der Waals surface area contributed by atoms with Crippen LogP contribution in [-0.4, -0.2) is 43.1 Å². The molecule has 2 aliphatic heterocycles. The van der Waals surface area contributed by atoms with Crippen molar-refractivity contribution in [2.24, 2.45) is 0 Å². The van der Waals surface area contributed by atoms with E-state index in [9.17, 15) is 9.59 Å². The summed E-state index contributed by atoms with van der Waals surface area (Å²) in [5.74, 6) is 0.856. The molecule has 1 unspecified atom stereocenters. The zero-order valence-electron chi connectivity index (χ0n) is 14.3. The second-order valence-electron chi connectivity index (χ2n) is 6.75. The molecule has 2 aromatic heterocycles. The van der Waals surface area contributed by atoms with Crippen LogP contribution >= 0.6 is 0 Å². The number of furan rings is 1. The summed E-state index contributed by atoms with van der Waals surface area (Å²) in [5.41, 5.74) is 0.0701. The number of nitrogens with zero attached hydrogens (tertiary/aromatic N) is 2. The topological polar surface area (TPSA) is 99.5 Å². The molecule has 0 saturated carbocycles. The number of imide groups is 1. The molecule has 2 fully saturated rings. The molecule has 0 aromatic carbocycles. The summed E-state index contributed by atoms with van der Waals surface area (Å²) in [6.45, 7) is 3.52. The van der Waals surface area contributed by atoms with Crippen molar-refractivity contribution in [1.29, 1.82) is 0 Å². The van der Waals surface area contributed by atoms with Crippen LogP contribution in [0.25, 0.3) is 11.1 Å². The van der Waals surface area contributed by atoms with Crippen LogP contribution < -0.4 is 20.9 Å². The number of fused-ring (bicyclic) bond motifs is 1. The van der Waals surface area contributed by atoms with Crippen LogP contribution in [0.2, 0.25) is 0 Å². The summed E-state index contributed by atoms with van der Waals surface area (Å²) >= 11 is 0. The van der Waals surface area contributed by atoms with Crippen LogP contribution in [0.4, 0.5) is 10.6 Å². The Bertz CT molecular complexity index is 840. The molecule has 8 heteroatoms. The van der Waals surface area contributed by atoms with Gasteiger partial charge in [0, 0.05) is 25.2 Å². The predicted molar refractivity (Wildman–Crippen MR) is 92.3 cm³/mol. The van der Waals surface area contributed by atoms with Gasteiger partial charge < -0.3 is 20.0 Å². The van der Waals surface area contributed by atoms with Crippen molar-refractivity contribution >= 4 is 28.9 Å². The molecular formula is C17H21N5O3. The van der Waals surface area contributed by atoms with Crippen molar-refractivity contribution in [3.05, 3.63) is 24.0 Å². The van der Waals surface area contributed by atoms with E-state index in [4.69, 9.17) is 4.42 Å². The third-order valence-corrected chi connectivity index (χ3v) is 5.12. The Balaban J connectivity index is 1.62. The van der Waals surface area contributed by atoms with Gasteiger partial charge in [0.15, 0.2) is 11.1 Å². The molecule has 2 aliphatic rings. The number of carbonyl (C=O) groups is 2. The zero-order chi connectivity index (χ0) is 17.6. The van der Waals surface area contributed by atoms with Gasteiger partial charge in [-0.2, -0.15) is 0 Å². The Morgan fingerprint density at radius 2 is 2.08 bits per heavy atom. The van der Waals surface area contributed by atoms with Gasteiger partial charge >= 0.3 is 6.03 Å².